The Bertz CT molecular complexity index is 640. The number of nitrogens with zero attached hydrogens (tertiary/aromatic N) is 3. The number of nitrogens with two attached hydrogens (primary N) is 1. The van der Waals surface area contributed by atoms with E-state index in [1.165, 1.54) is 11.1 Å². The maximum Gasteiger partial charge on any atom is 0.414 e. The molecule has 1 fully saturated rings. The molecule has 9 nitrogen and oxygen atoms in total. The van der Waals surface area contributed by atoms with Gasteiger partial charge in [-0.15, -0.1) is 0 Å². The number of carbonyl (C=O) groups is 3. The number of ether oxygens (including phenoxy) is 2. The molecule has 0 aromatic heterocycles. The SMILES string of the molecule is CCOC(=O)C1CCN(C(=O)/C(C#N)=C\N(CCN)C(=O)OC(C)(C)C)CC1. The van der Waals surface area contributed by atoms with Crippen molar-refractivity contribution in [1.82, 2.24) is 9.80 Å². The summed E-state index contributed by atoms with van der Waals surface area (Å²) in [5, 5.41) is 9.42. The summed E-state index contributed by atoms with van der Waals surface area (Å²) in [6.45, 7) is 8.17. The average molecular weight is 394 g/mol. The molecule has 0 aromatic rings. The van der Waals surface area contributed by atoms with Crippen molar-refractivity contribution in [3.05, 3.63) is 11.8 Å². The van der Waals surface area contributed by atoms with Gasteiger partial charge in [-0.05, 0) is 40.5 Å². The molecule has 156 valence electrons. The average Bonchev–Trinajstić information content (AvgIpc) is 2.63. The number of hydrogen-bond donors (Lipinski definition) is 1. The number of likely N-dealkylation sites (tertiary alicyclic amines) is 1. The van der Waals surface area contributed by atoms with Crippen molar-refractivity contribution >= 4 is 18.0 Å². The minimum atomic E-state index is -0.719. The lowest BCUT2D eigenvalue weighted by molar-refractivity contribution is -0.150. The highest BCUT2D eigenvalue weighted by Gasteiger charge is 2.30. The Labute approximate surface area is 166 Å². The first kappa shape index (κ1) is 23.4. The van der Waals surface area contributed by atoms with Crippen LogP contribution < -0.4 is 5.73 Å². The van der Waals surface area contributed by atoms with Gasteiger partial charge in [-0.2, -0.15) is 5.26 Å². The first-order valence-corrected chi connectivity index (χ1v) is 9.40. The zero-order chi connectivity index (χ0) is 21.3. The third kappa shape index (κ3) is 7.19. The zero-order valence-electron chi connectivity index (χ0n) is 17.1. The molecule has 1 aliphatic heterocycles. The third-order valence-electron chi connectivity index (χ3n) is 4.04. The highest BCUT2D eigenvalue weighted by molar-refractivity contribution is 5.97. The Morgan fingerprint density at radius 3 is 2.36 bits per heavy atom. The largest absolute Gasteiger partial charge is 0.466 e. The van der Waals surface area contributed by atoms with Gasteiger partial charge in [-0.3, -0.25) is 14.5 Å². The van der Waals surface area contributed by atoms with E-state index in [0.717, 1.165) is 4.90 Å². The Balaban J connectivity index is 2.84. The first-order chi connectivity index (χ1) is 13.1. The molecule has 2 amide bonds. The molecule has 9 heteroatoms. The van der Waals surface area contributed by atoms with E-state index in [9.17, 15) is 19.6 Å². The summed E-state index contributed by atoms with van der Waals surface area (Å²) in [5.74, 6) is -0.992. The lowest BCUT2D eigenvalue weighted by atomic mass is 9.96. The molecule has 0 atom stereocenters. The van der Waals surface area contributed by atoms with Crippen LogP contribution in [0, 0.1) is 17.2 Å². The molecule has 1 heterocycles. The highest BCUT2D eigenvalue weighted by atomic mass is 16.6. The molecule has 0 aromatic carbocycles. The third-order valence-corrected chi connectivity index (χ3v) is 4.04. The second kappa shape index (κ2) is 10.7. The second-order valence-electron chi connectivity index (χ2n) is 7.44. The Morgan fingerprint density at radius 2 is 1.89 bits per heavy atom. The van der Waals surface area contributed by atoms with E-state index in [1.54, 1.807) is 27.7 Å². The van der Waals surface area contributed by atoms with E-state index < -0.39 is 17.6 Å². The smallest absolute Gasteiger partial charge is 0.414 e. The maximum absolute atomic E-state index is 12.7. The van der Waals surface area contributed by atoms with Crippen molar-refractivity contribution in [3.8, 4) is 6.07 Å². The molecule has 2 N–H and O–H groups in total. The van der Waals surface area contributed by atoms with Crippen LogP contribution >= 0.6 is 0 Å². The van der Waals surface area contributed by atoms with Gasteiger partial charge < -0.3 is 20.1 Å². The van der Waals surface area contributed by atoms with Gasteiger partial charge in [-0.25, -0.2) is 4.79 Å². The van der Waals surface area contributed by atoms with Crippen molar-refractivity contribution in [2.24, 2.45) is 11.7 Å². The fraction of sp³-hybridized carbons (Fsp3) is 0.684. The van der Waals surface area contributed by atoms with Crippen molar-refractivity contribution in [3.63, 3.8) is 0 Å². The standard InChI is InChI=1S/C19H30N4O5/c1-5-27-17(25)14-6-9-22(10-7-14)16(24)15(12-21)13-23(11-8-20)18(26)28-19(2,3)4/h13-14H,5-11,20H2,1-4H3/b15-13-. The molecule has 1 rings (SSSR count). The van der Waals surface area contributed by atoms with Crippen LogP contribution in [0.1, 0.15) is 40.5 Å². The fourth-order valence-corrected chi connectivity index (χ4v) is 2.70. The van der Waals surface area contributed by atoms with Gasteiger partial charge in [0.1, 0.15) is 17.2 Å². The number of hydrogen-bond acceptors (Lipinski definition) is 7. The van der Waals surface area contributed by atoms with Gasteiger partial charge in [0.05, 0.1) is 12.5 Å². The fourth-order valence-electron chi connectivity index (χ4n) is 2.70. The Kier molecular flexibility index (Phi) is 8.92. The molecule has 0 radical (unpaired) electrons. The lowest BCUT2D eigenvalue weighted by Crippen LogP contribution is -2.42. The second-order valence-corrected chi connectivity index (χ2v) is 7.44. The molecule has 1 aliphatic rings. The van der Waals surface area contributed by atoms with Gasteiger partial charge in [0.2, 0.25) is 0 Å². The minimum Gasteiger partial charge on any atom is -0.466 e. The van der Waals surface area contributed by atoms with Crippen LogP contribution in [-0.4, -0.2) is 66.2 Å². The van der Waals surface area contributed by atoms with Crippen molar-refractivity contribution in [2.75, 3.05) is 32.8 Å². The monoisotopic (exact) mass is 394 g/mol. The van der Waals surface area contributed by atoms with Crippen molar-refractivity contribution in [1.29, 1.82) is 5.26 Å². The number of rotatable bonds is 6. The van der Waals surface area contributed by atoms with Crippen LogP contribution in [0.25, 0.3) is 0 Å². The number of carbonyl (C=O) groups excluding carboxylic acids is 3. The first-order valence-electron chi connectivity index (χ1n) is 9.40. The van der Waals surface area contributed by atoms with Gasteiger partial charge >= 0.3 is 12.1 Å². The summed E-state index contributed by atoms with van der Waals surface area (Å²) in [6.07, 6.45) is 1.45. The van der Waals surface area contributed by atoms with Gasteiger partial charge in [-0.1, -0.05) is 0 Å². The van der Waals surface area contributed by atoms with Gasteiger partial charge in [0.25, 0.3) is 5.91 Å². The Hall–Kier alpha value is -2.60. The van der Waals surface area contributed by atoms with Crippen LogP contribution in [0.2, 0.25) is 0 Å². The molecule has 28 heavy (non-hydrogen) atoms. The van der Waals surface area contributed by atoms with Crippen LogP contribution in [-0.2, 0) is 19.1 Å². The molecular formula is C19H30N4O5. The number of nitriles is 1. The van der Waals surface area contributed by atoms with Crippen molar-refractivity contribution in [2.45, 2.75) is 46.1 Å². The summed E-state index contributed by atoms with van der Waals surface area (Å²) in [5.41, 5.74) is 4.63. The molecule has 0 bridgehead atoms. The van der Waals surface area contributed by atoms with Gasteiger partial charge in [0.15, 0.2) is 0 Å². The van der Waals surface area contributed by atoms with Crippen LogP contribution in [0.15, 0.2) is 11.8 Å². The summed E-state index contributed by atoms with van der Waals surface area (Å²) < 4.78 is 10.3. The number of esters is 1. The number of piperidine rings is 1. The predicted octanol–water partition coefficient (Wildman–Crippen LogP) is 1.39. The van der Waals surface area contributed by atoms with E-state index in [-0.39, 0.29) is 30.5 Å². The highest BCUT2D eigenvalue weighted by Crippen LogP contribution is 2.20. The molecule has 0 aliphatic carbocycles. The molecular weight excluding hydrogens is 364 g/mol. The van der Waals surface area contributed by atoms with E-state index in [4.69, 9.17) is 15.2 Å². The van der Waals surface area contributed by atoms with E-state index in [2.05, 4.69) is 0 Å². The Morgan fingerprint density at radius 1 is 1.29 bits per heavy atom. The van der Waals surface area contributed by atoms with Crippen LogP contribution in [0.5, 0.6) is 0 Å². The summed E-state index contributed by atoms with van der Waals surface area (Å²) in [4.78, 5) is 39.4. The summed E-state index contributed by atoms with van der Waals surface area (Å²) in [7, 11) is 0. The maximum atomic E-state index is 12.7. The topological polar surface area (TPSA) is 126 Å². The van der Waals surface area contributed by atoms with E-state index in [0.29, 0.717) is 32.5 Å². The summed E-state index contributed by atoms with van der Waals surface area (Å²) >= 11 is 0. The normalized spacial score (nSPS) is 15.6. The van der Waals surface area contributed by atoms with E-state index >= 15 is 0 Å². The lowest BCUT2D eigenvalue weighted by Gasteiger charge is -2.31. The molecule has 1 saturated heterocycles. The van der Waals surface area contributed by atoms with Gasteiger partial charge in [0, 0.05) is 32.4 Å². The quantitative estimate of drug-likeness (QED) is 0.410. The molecule has 0 saturated carbocycles. The molecule has 0 spiro atoms. The van der Waals surface area contributed by atoms with Crippen molar-refractivity contribution < 1.29 is 23.9 Å². The predicted molar refractivity (Wildman–Crippen MR) is 102 cm³/mol. The number of amides is 2. The van der Waals surface area contributed by atoms with E-state index in [1.807, 2.05) is 6.07 Å². The molecule has 0 unspecified atom stereocenters. The summed E-state index contributed by atoms with van der Waals surface area (Å²) in [6, 6.07) is 1.85. The van der Waals surface area contributed by atoms with Crippen LogP contribution in [0.4, 0.5) is 4.79 Å². The zero-order valence-corrected chi connectivity index (χ0v) is 17.1. The van der Waals surface area contributed by atoms with Crippen LogP contribution in [0.3, 0.4) is 0 Å². The minimum absolute atomic E-state index is 0.109.